The summed E-state index contributed by atoms with van der Waals surface area (Å²) in [6, 6.07) is 5.66. The molecule has 1 fully saturated rings. The Balaban J connectivity index is 2.38. The number of hydrogen-bond donors (Lipinski definition) is 1. The van der Waals surface area contributed by atoms with Gasteiger partial charge in [0.2, 0.25) is 0 Å². The molecule has 2 rings (SSSR count). The molecule has 0 aliphatic carbocycles. The normalized spacial score (nSPS) is 16.1. The highest BCUT2D eigenvalue weighted by Gasteiger charge is 2.28. The maximum Gasteiger partial charge on any atom is 0.335 e. The van der Waals surface area contributed by atoms with Crippen LogP contribution >= 0.6 is 0 Å². The fourth-order valence-corrected chi connectivity index (χ4v) is 1.56. The molecule has 6 nitrogen and oxygen atoms in total. The van der Waals surface area contributed by atoms with E-state index in [1.807, 2.05) is 0 Å². The number of imide groups is 1. The number of benzene rings is 1. The summed E-state index contributed by atoms with van der Waals surface area (Å²) in [5.74, 6) is -2.10. The molecular formula is C11H9NO5. The van der Waals surface area contributed by atoms with E-state index in [0.717, 1.165) is 4.90 Å². The Morgan fingerprint density at radius 2 is 1.88 bits per heavy atom. The molecule has 0 aromatic heterocycles. The average molecular weight is 235 g/mol. The Bertz CT molecular complexity index is 480. The summed E-state index contributed by atoms with van der Waals surface area (Å²) in [6.07, 6.45) is 0. The number of amides is 2. The molecule has 2 amide bonds. The van der Waals surface area contributed by atoms with Crippen LogP contribution in [0.1, 0.15) is 10.4 Å². The third-order valence-electron chi connectivity index (χ3n) is 2.30. The van der Waals surface area contributed by atoms with Gasteiger partial charge in [-0.05, 0) is 18.2 Å². The molecule has 0 spiro atoms. The van der Waals surface area contributed by atoms with Gasteiger partial charge in [0.05, 0.1) is 11.3 Å². The summed E-state index contributed by atoms with van der Waals surface area (Å²) >= 11 is 0. The molecule has 0 bridgehead atoms. The number of carbonyl (C=O) groups is 3. The summed E-state index contributed by atoms with van der Waals surface area (Å²) in [7, 11) is 0. The van der Waals surface area contributed by atoms with Gasteiger partial charge in [0.25, 0.3) is 11.8 Å². The lowest BCUT2D eigenvalue weighted by atomic mass is 10.2. The largest absolute Gasteiger partial charge is 0.478 e. The highest BCUT2D eigenvalue weighted by Crippen LogP contribution is 2.18. The van der Waals surface area contributed by atoms with Crippen molar-refractivity contribution >= 4 is 23.5 Å². The molecule has 1 N–H and O–H groups in total. The molecule has 17 heavy (non-hydrogen) atoms. The molecule has 1 aromatic carbocycles. The molecule has 6 heteroatoms. The van der Waals surface area contributed by atoms with E-state index < -0.39 is 17.8 Å². The van der Waals surface area contributed by atoms with Crippen LogP contribution in [0.15, 0.2) is 24.3 Å². The van der Waals surface area contributed by atoms with Gasteiger partial charge >= 0.3 is 5.97 Å². The third-order valence-corrected chi connectivity index (χ3v) is 2.30. The Kier molecular flexibility index (Phi) is 2.88. The van der Waals surface area contributed by atoms with Crippen LogP contribution in [-0.2, 0) is 14.3 Å². The summed E-state index contributed by atoms with van der Waals surface area (Å²) in [6.45, 7) is -0.355. The van der Waals surface area contributed by atoms with Crippen LogP contribution in [0.5, 0.6) is 0 Å². The van der Waals surface area contributed by atoms with Crippen molar-refractivity contribution in [3.05, 3.63) is 29.8 Å². The zero-order chi connectivity index (χ0) is 12.4. The van der Waals surface area contributed by atoms with Gasteiger partial charge in [-0.15, -0.1) is 0 Å². The predicted octanol–water partition coefficient (Wildman–Crippen LogP) is 0.275. The van der Waals surface area contributed by atoms with Crippen molar-refractivity contribution in [2.24, 2.45) is 0 Å². The number of carboxylic acid groups (broad SMARTS) is 1. The SMILES string of the molecule is O=C(O)c1cccc(N2C(=O)COCC2=O)c1. The standard InChI is InChI=1S/C11H9NO5/c13-9-5-17-6-10(14)12(9)8-3-1-2-7(4-8)11(15)16/h1-4H,5-6H2,(H,15,16). The number of aromatic carboxylic acids is 1. The quantitative estimate of drug-likeness (QED) is 0.744. The highest BCUT2D eigenvalue weighted by molar-refractivity contribution is 6.17. The van der Waals surface area contributed by atoms with E-state index in [9.17, 15) is 14.4 Å². The van der Waals surface area contributed by atoms with Crippen molar-refractivity contribution < 1.29 is 24.2 Å². The predicted molar refractivity (Wildman–Crippen MR) is 56.7 cm³/mol. The van der Waals surface area contributed by atoms with E-state index in [1.54, 1.807) is 0 Å². The minimum atomic E-state index is -1.11. The number of ether oxygens (including phenoxy) is 1. The van der Waals surface area contributed by atoms with Gasteiger partial charge in [0.1, 0.15) is 13.2 Å². The Labute approximate surface area is 96.4 Å². The van der Waals surface area contributed by atoms with E-state index in [2.05, 4.69) is 0 Å². The van der Waals surface area contributed by atoms with Gasteiger partial charge in [-0.25, -0.2) is 9.69 Å². The molecule has 1 heterocycles. The number of hydrogen-bond acceptors (Lipinski definition) is 4. The van der Waals surface area contributed by atoms with Crippen LogP contribution in [0.3, 0.4) is 0 Å². The summed E-state index contributed by atoms with van der Waals surface area (Å²) in [5.41, 5.74) is 0.276. The van der Waals surface area contributed by atoms with Crippen LogP contribution in [0.2, 0.25) is 0 Å². The molecule has 88 valence electrons. The monoisotopic (exact) mass is 235 g/mol. The summed E-state index contributed by atoms with van der Waals surface area (Å²) < 4.78 is 4.77. The number of morpholine rings is 1. The molecule has 1 aliphatic rings. The topological polar surface area (TPSA) is 83.9 Å². The maximum absolute atomic E-state index is 11.5. The molecule has 1 aliphatic heterocycles. The van der Waals surface area contributed by atoms with E-state index in [1.165, 1.54) is 24.3 Å². The van der Waals surface area contributed by atoms with E-state index in [4.69, 9.17) is 9.84 Å². The lowest BCUT2D eigenvalue weighted by molar-refractivity contribution is -0.138. The minimum Gasteiger partial charge on any atom is -0.478 e. The fourth-order valence-electron chi connectivity index (χ4n) is 1.56. The number of carboxylic acids is 1. The maximum atomic E-state index is 11.5. The molecule has 0 atom stereocenters. The van der Waals surface area contributed by atoms with E-state index >= 15 is 0 Å². The lowest BCUT2D eigenvalue weighted by Crippen LogP contribution is -2.46. The van der Waals surface area contributed by atoms with Crippen LogP contribution in [-0.4, -0.2) is 36.1 Å². The number of nitrogens with zero attached hydrogens (tertiary/aromatic N) is 1. The Morgan fingerprint density at radius 1 is 1.24 bits per heavy atom. The second-order valence-electron chi connectivity index (χ2n) is 3.47. The van der Waals surface area contributed by atoms with Crippen molar-refractivity contribution in [3.8, 4) is 0 Å². The van der Waals surface area contributed by atoms with Gasteiger partial charge in [0.15, 0.2) is 0 Å². The molecule has 0 radical (unpaired) electrons. The number of rotatable bonds is 2. The van der Waals surface area contributed by atoms with Crippen molar-refractivity contribution in [1.82, 2.24) is 0 Å². The second kappa shape index (κ2) is 4.34. The van der Waals surface area contributed by atoms with Gasteiger partial charge in [-0.3, -0.25) is 9.59 Å². The van der Waals surface area contributed by atoms with Gasteiger partial charge in [0, 0.05) is 0 Å². The van der Waals surface area contributed by atoms with Crippen LogP contribution in [0.25, 0.3) is 0 Å². The minimum absolute atomic E-state index is 0.0228. The molecule has 0 saturated carbocycles. The van der Waals surface area contributed by atoms with Gasteiger partial charge < -0.3 is 9.84 Å². The molecular weight excluding hydrogens is 226 g/mol. The first-order chi connectivity index (χ1) is 8.09. The average Bonchev–Trinajstić information content (AvgIpc) is 2.29. The first-order valence-electron chi connectivity index (χ1n) is 4.86. The van der Waals surface area contributed by atoms with Crippen molar-refractivity contribution in [2.75, 3.05) is 18.1 Å². The van der Waals surface area contributed by atoms with E-state index in [0.29, 0.717) is 0 Å². The third kappa shape index (κ3) is 2.16. The van der Waals surface area contributed by atoms with Crippen LogP contribution in [0, 0.1) is 0 Å². The summed E-state index contributed by atoms with van der Waals surface area (Å²) in [4.78, 5) is 34.8. The number of anilines is 1. The molecule has 1 aromatic rings. The van der Waals surface area contributed by atoms with E-state index in [-0.39, 0.29) is 24.5 Å². The zero-order valence-electron chi connectivity index (χ0n) is 8.75. The summed E-state index contributed by atoms with van der Waals surface area (Å²) in [5, 5.41) is 8.83. The molecule has 1 saturated heterocycles. The highest BCUT2D eigenvalue weighted by atomic mass is 16.5. The second-order valence-corrected chi connectivity index (χ2v) is 3.47. The molecule has 0 unspecified atom stereocenters. The zero-order valence-corrected chi connectivity index (χ0v) is 8.75. The van der Waals surface area contributed by atoms with Crippen LogP contribution < -0.4 is 4.90 Å². The van der Waals surface area contributed by atoms with Crippen molar-refractivity contribution in [1.29, 1.82) is 0 Å². The van der Waals surface area contributed by atoms with Crippen LogP contribution in [0.4, 0.5) is 5.69 Å². The Hall–Kier alpha value is -2.21. The van der Waals surface area contributed by atoms with Crippen molar-refractivity contribution in [2.45, 2.75) is 0 Å². The van der Waals surface area contributed by atoms with Gasteiger partial charge in [-0.1, -0.05) is 6.07 Å². The first kappa shape index (κ1) is 11.3. The lowest BCUT2D eigenvalue weighted by Gasteiger charge is -2.24. The first-order valence-corrected chi connectivity index (χ1v) is 4.86. The fraction of sp³-hybridized carbons (Fsp3) is 0.182. The van der Waals surface area contributed by atoms with Gasteiger partial charge in [-0.2, -0.15) is 0 Å². The number of carbonyl (C=O) groups excluding carboxylic acids is 2. The smallest absolute Gasteiger partial charge is 0.335 e. The van der Waals surface area contributed by atoms with Crippen molar-refractivity contribution in [3.63, 3.8) is 0 Å². The Morgan fingerprint density at radius 3 is 2.47 bits per heavy atom.